The van der Waals surface area contributed by atoms with Crippen molar-refractivity contribution >= 4 is 33.4 Å². The number of carboxylic acid groups (broad SMARTS) is 1. The number of pyridine rings is 1. The molecule has 0 saturated carbocycles. The molecule has 9 heteroatoms. The predicted molar refractivity (Wildman–Crippen MR) is 68.1 cm³/mol. The number of aromatic nitrogens is 1. The molecule has 0 aliphatic carbocycles. The number of rotatable bonds is 4. The smallest absolute Gasteiger partial charge is 0.341 e. The predicted octanol–water partition coefficient (Wildman–Crippen LogP) is 0.738. The van der Waals surface area contributed by atoms with Crippen LogP contribution in [-0.4, -0.2) is 43.4 Å². The van der Waals surface area contributed by atoms with Gasteiger partial charge in [0.2, 0.25) is 10.0 Å². The Hall–Kier alpha value is -1.54. The van der Waals surface area contributed by atoms with Crippen LogP contribution in [0.25, 0.3) is 0 Å². The maximum absolute atomic E-state index is 11.7. The number of aliphatic carboxylic acids is 1. The fraction of sp³-hybridized carbons (Fsp3) is 0.400. The molecule has 2 rings (SSSR count). The van der Waals surface area contributed by atoms with Crippen LogP contribution in [0.4, 0.5) is 5.82 Å². The van der Waals surface area contributed by atoms with Gasteiger partial charge in [0, 0.05) is 6.54 Å². The molecule has 1 aliphatic heterocycles. The number of carbonyl (C=O) groups is 1. The molecule has 1 aromatic heterocycles. The number of carboxylic acids is 1. The first kappa shape index (κ1) is 13.9. The Bertz CT molecular complexity index is 604. The van der Waals surface area contributed by atoms with Crippen LogP contribution in [0.1, 0.15) is 6.42 Å². The number of nitrogens with zero attached hydrogens (tertiary/aromatic N) is 2. The summed E-state index contributed by atoms with van der Waals surface area (Å²) in [7, 11) is -3.32. The van der Waals surface area contributed by atoms with Gasteiger partial charge in [-0.15, -0.1) is 0 Å². The maximum atomic E-state index is 11.7. The van der Waals surface area contributed by atoms with Gasteiger partial charge in [-0.3, -0.25) is 4.31 Å². The van der Waals surface area contributed by atoms with E-state index in [0.29, 0.717) is 13.0 Å². The summed E-state index contributed by atoms with van der Waals surface area (Å²) in [5, 5.41) is 8.42. The average Bonchev–Trinajstić information content (AvgIpc) is 2.67. The highest BCUT2D eigenvalue weighted by Crippen LogP contribution is 2.28. The average molecular weight is 307 g/mol. The number of hydrogen-bond acceptors (Lipinski definition) is 5. The first-order chi connectivity index (χ1) is 8.90. The zero-order valence-corrected chi connectivity index (χ0v) is 11.3. The second kappa shape index (κ2) is 5.22. The van der Waals surface area contributed by atoms with Gasteiger partial charge in [0.1, 0.15) is 5.82 Å². The van der Waals surface area contributed by atoms with Crippen LogP contribution >= 0.6 is 11.6 Å². The van der Waals surface area contributed by atoms with Gasteiger partial charge < -0.3 is 9.84 Å². The van der Waals surface area contributed by atoms with E-state index in [1.807, 2.05) is 0 Å². The van der Waals surface area contributed by atoms with Crippen LogP contribution in [0, 0.1) is 0 Å². The van der Waals surface area contributed by atoms with Crippen LogP contribution in [0.5, 0.6) is 5.75 Å². The van der Waals surface area contributed by atoms with Crippen molar-refractivity contribution in [2.75, 3.05) is 23.2 Å². The summed E-state index contributed by atoms with van der Waals surface area (Å²) < 4.78 is 29.5. The largest absolute Gasteiger partial charge is 0.479 e. The van der Waals surface area contributed by atoms with Gasteiger partial charge in [-0.1, -0.05) is 11.6 Å². The minimum absolute atomic E-state index is 0.0687. The minimum atomic E-state index is -3.32. The van der Waals surface area contributed by atoms with Gasteiger partial charge in [-0.2, -0.15) is 0 Å². The van der Waals surface area contributed by atoms with Crippen LogP contribution < -0.4 is 9.04 Å². The van der Waals surface area contributed by atoms with Crippen molar-refractivity contribution in [1.29, 1.82) is 0 Å². The van der Waals surface area contributed by atoms with Crippen LogP contribution in [0.15, 0.2) is 12.1 Å². The van der Waals surface area contributed by atoms with Gasteiger partial charge in [-0.25, -0.2) is 18.2 Å². The molecule has 0 spiro atoms. The summed E-state index contributed by atoms with van der Waals surface area (Å²) in [5.41, 5.74) is 0. The molecule has 7 nitrogen and oxygen atoms in total. The fourth-order valence-electron chi connectivity index (χ4n) is 1.69. The van der Waals surface area contributed by atoms with Crippen molar-refractivity contribution in [3.8, 4) is 5.75 Å². The molecule has 0 bridgehead atoms. The van der Waals surface area contributed by atoms with Gasteiger partial charge in [0.05, 0.1) is 5.75 Å². The van der Waals surface area contributed by atoms with E-state index in [0.717, 1.165) is 0 Å². The Kier molecular flexibility index (Phi) is 3.81. The van der Waals surface area contributed by atoms with E-state index < -0.39 is 22.6 Å². The molecule has 0 aromatic carbocycles. The summed E-state index contributed by atoms with van der Waals surface area (Å²) in [4.78, 5) is 14.3. The lowest BCUT2D eigenvalue weighted by atomic mass is 10.4. The number of ether oxygens (including phenoxy) is 1. The number of halogens is 1. The third-order valence-corrected chi connectivity index (χ3v) is 4.62. The summed E-state index contributed by atoms with van der Waals surface area (Å²) in [6.45, 7) is -0.177. The van der Waals surface area contributed by atoms with Crippen LogP contribution in [0.2, 0.25) is 5.15 Å². The third-order valence-electron chi connectivity index (χ3n) is 2.51. The van der Waals surface area contributed by atoms with Crippen molar-refractivity contribution in [3.05, 3.63) is 17.3 Å². The number of sulfonamides is 1. The normalized spacial score (nSPS) is 17.4. The molecule has 1 aliphatic rings. The summed E-state index contributed by atoms with van der Waals surface area (Å²) >= 11 is 5.83. The highest BCUT2D eigenvalue weighted by Gasteiger charge is 2.29. The second-order valence-corrected chi connectivity index (χ2v) is 6.25. The van der Waals surface area contributed by atoms with E-state index in [-0.39, 0.29) is 22.5 Å². The minimum Gasteiger partial charge on any atom is -0.479 e. The van der Waals surface area contributed by atoms with Crippen molar-refractivity contribution in [3.63, 3.8) is 0 Å². The topological polar surface area (TPSA) is 96.8 Å². The van der Waals surface area contributed by atoms with Crippen LogP contribution in [0.3, 0.4) is 0 Å². The molecule has 2 heterocycles. The number of hydrogen-bond donors (Lipinski definition) is 1. The molecule has 104 valence electrons. The Balaban J connectivity index is 2.21. The van der Waals surface area contributed by atoms with E-state index >= 15 is 0 Å². The molecule has 19 heavy (non-hydrogen) atoms. The molecular weight excluding hydrogens is 296 g/mol. The second-order valence-electron chi connectivity index (χ2n) is 3.88. The summed E-state index contributed by atoms with van der Waals surface area (Å²) in [5.74, 6) is -0.735. The van der Waals surface area contributed by atoms with Crippen molar-refractivity contribution in [1.82, 2.24) is 4.98 Å². The molecule has 1 fully saturated rings. The molecular formula is C10H11ClN2O5S. The van der Waals surface area contributed by atoms with E-state index in [2.05, 4.69) is 4.98 Å². The number of anilines is 1. The van der Waals surface area contributed by atoms with Crippen molar-refractivity contribution < 1.29 is 23.1 Å². The molecule has 1 saturated heterocycles. The standard InChI is InChI=1S/C10H11ClN2O5S/c11-10-7(18-6-9(14)15)2-3-8(12-10)13-4-1-5-19(13,16)17/h2-3H,1,4-6H2,(H,14,15). The Labute approximate surface area is 114 Å². The molecule has 0 atom stereocenters. The molecule has 0 radical (unpaired) electrons. The third kappa shape index (κ3) is 3.07. The van der Waals surface area contributed by atoms with Gasteiger partial charge >= 0.3 is 5.97 Å². The van der Waals surface area contributed by atoms with Gasteiger partial charge in [0.15, 0.2) is 17.5 Å². The highest BCUT2D eigenvalue weighted by molar-refractivity contribution is 7.93. The SMILES string of the molecule is O=C(O)COc1ccc(N2CCCS2(=O)=O)nc1Cl. The first-order valence-electron chi connectivity index (χ1n) is 5.42. The zero-order chi connectivity index (χ0) is 14.0. The Morgan fingerprint density at radius 2 is 2.26 bits per heavy atom. The van der Waals surface area contributed by atoms with Gasteiger partial charge in [-0.05, 0) is 18.6 Å². The lowest BCUT2D eigenvalue weighted by Crippen LogP contribution is -2.26. The first-order valence-corrected chi connectivity index (χ1v) is 7.40. The summed E-state index contributed by atoms with van der Waals surface area (Å²) in [6, 6.07) is 2.84. The Morgan fingerprint density at radius 1 is 1.53 bits per heavy atom. The quantitative estimate of drug-likeness (QED) is 0.824. The fourth-order valence-corrected chi connectivity index (χ4v) is 3.41. The van der Waals surface area contributed by atoms with Gasteiger partial charge in [0.25, 0.3) is 0 Å². The molecule has 1 aromatic rings. The highest BCUT2D eigenvalue weighted by atomic mass is 35.5. The van der Waals surface area contributed by atoms with Crippen molar-refractivity contribution in [2.24, 2.45) is 0 Å². The van der Waals surface area contributed by atoms with E-state index in [9.17, 15) is 13.2 Å². The monoisotopic (exact) mass is 306 g/mol. The van der Waals surface area contributed by atoms with E-state index in [1.54, 1.807) is 0 Å². The molecule has 1 N–H and O–H groups in total. The molecule has 0 unspecified atom stereocenters. The Morgan fingerprint density at radius 3 is 2.79 bits per heavy atom. The van der Waals surface area contributed by atoms with Crippen molar-refractivity contribution in [2.45, 2.75) is 6.42 Å². The van der Waals surface area contributed by atoms with E-state index in [1.165, 1.54) is 16.4 Å². The molecule has 0 amide bonds. The maximum Gasteiger partial charge on any atom is 0.341 e. The van der Waals surface area contributed by atoms with E-state index in [4.69, 9.17) is 21.4 Å². The zero-order valence-electron chi connectivity index (χ0n) is 9.74. The van der Waals surface area contributed by atoms with Crippen LogP contribution in [-0.2, 0) is 14.8 Å². The summed E-state index contributed by atoms with van der Waals surface area (Å²) in [6.07, 6.45) is 0.541. The lowest BCUT2D eigenvalue weighted by molar-refractivity contribution is -0.139. The lowest BCUT2D eigenvalue weighted by Gasteiger charge is -2.16.